The van der Waals surface area contributed by atoms with E-state index in [0.717, 1.165) is 34.0 Å². The van der Waals surface area contributed by atoms with Crippen molar-refractivity contribution in [2.45, 2.75) is 13.0 Å². The highest BCUT2D eigenvalue weighted by atomic mass is 32.1. The third-order valence-corrected chi connectivity index (χ3v) is 4.05. The van der Waals surface area contributed by atoms with Crippen molar-refractivity contribution in [1.82, 2.24) is 18.1 Å². The molecular formula is C12H13N5OS2. The first-order valence-electron chi connectivity index (χ1n) is 6.12. The fraction of sp³-hybridized carbons (Fsp3) is 0.333. The van der Waals surface area contributed by atoms with Gasteiger partial charge in [0, 0.05) is 37.2 Å². The van der Waals surface area contributed by atoms with Crippen molar-refractivity contribution in [2.24, 2.45) is 0 Å². The zero-order chi connectivity index (χ0) is 13.8. The first kappa shape index (κ1) is 13.3. The Morgan fingerprint density at radius 2 is 2.20 bits per heavy atom. The van der Waals surface area contributed by atoms with Gasteiger partial charge < -0.3 is 10.1 Å². The number of nitrogens with one attached hydrogen (secondary N) is 1. The smallest absolute Gasteiger partial charge is 0.202 e. The van der Waals surface area contributed by atoms with Crippen LogP contribution in [0.15, 0.2) is 18.2 Å². The van der Waals surface area contributed by atoms with Gasteiger partial charge in [-0.05, 0) is 6.07 Å². The topological polar surface area (TPSA) is 72.8 Å². The predicted molar refractivity (Wildman–Crippen MR) is 80.2 cm³/mol. The SMILES string of the molecule is COCCc1nsc(NCc2cccc3nsnc23)n1. The van der Waals surface area contributed by atoms with E-state index in [9.17, 15) is 0 Å². The van der Waals surface area contributed by atoms with Crippen molar-refractivity contribution < 1.29 is 4.74 Å². The third-order valence-electron chi connectivity index (χ3n) is 2.80. The van der Waals surface area contributed by atoms with Crippen LogP contribution < -0.4 is 5.32 Å². The zero-order valence-corrected chi connectivity index (χ0v) is 12.5. The molecule has 0 fully saturated rings. The molecule has 1 N–H and O–H groups in total. The number of ether oxygens (including phenoxy) is 1. The number of nitrogens with zero attached hydrogens (tertiary/aromatic N) is 4. The van der Waals surface area contributed by atoms with E-state index in [1.807, 2.05) is 18.2 Å². The summed E-state index contributed by atoms with van der Waals surface area (Å²) >= 11 is 2.60. The minimum Gasteiger partial charge on any atom is -0.384 e. The molecule has 0 aliphatic rings. The fourth-order valence-electron chi connectivity index (χ4n) is 1.80. The van der Waals surface area contributed by atoms with Gasteiger partial charge in [0.05, 0.1) is 18.3 Å². The van der Waals surface area contributed by atoms with Gasteiger partial charge in [-0.1, -0.05) is 12.1 Å². The van der Waals surface area contributed by atoms with Crippen LogP contribution in [0.2, 0.25) is 0 Å². The molecule has 8 heteroatoms. The monoisotopic (exact) mass is 307 g/mol. The van der Waals surface area contributed by atoms with Gasteiger partial charge in [0.1, 0.15) is 16.9 Å². The summed E-state index contributed by atoms with van der Waals surface area (Å²) in [6.07, 6.45) is 0.736. The molecular weight excluding hydrogens is 294 g/mol. The molecule has 0 unspecified atom stereocenters. The Hall–Kier alpha value is -1.64. The van der Waals surface area contributed by atoms with E-state index in [4.69, 9.17) is 4.74 Å². The summed E-state index contributed by atoms with van der Waals surface area (Å²) in [6.45, 7) is 1.31. The highest BCUT2D eigenvalue weighted by Crippen LogP contribution is 2.18. The average molecular weight is 307 g/mol. The van der Waals surface area contributed by atoms with Crippen LogP contribution in [0, 0.1) is 0 Å². The second-order valence-corrected chi connectivity index (χ2v) is 5.44. The van der Waals surface area contributed by atoms with Gasteiger partial charge in [0.15, 0.2) is 0 Å². The summed E-state index contributed by atoms with van der Waals surface area (Å²) < 4.78 is 17.8. The standard InChI is InChI=1S/C12H13N5OS2/c1-18-6-5-10-14-12(19-16-10)13-7-8-3-2-4-9-11(8)17-20-15-9/h2-4H,5-7H2,1H3,(H,13,14,16). The Kier molecular flexibility index (Phi) is 4.14. The molecule has 0 aliphatic heterocycles. The summed E-state index contributed by atoms with van der Waals surface area (Å²) in [5, 5.41) is 4.10. The maximum atomic E-state index is 5.01. The van der Waals surface area contributed by atoms with Crippen LogP contribution in [-0.2, 0) is 17.7 Å². The molecule has 20 heavy (non-hydrogen) atoms. The van der Waals surface area contributed by atoms with E-state index >= 15 is 0 Å². The van der Waals surface area contributed by atoms with E-state index in [0.29, 0.717) is 13.2 Å². The molecule has 0 aliphatic carbocycles. The van der Waals surface area contributed by atoms with Crippen LogP contribution in [-0.4, -0.2) is 31.8 Å². The van der Waals surface area contributed by atoms with Gasteiger partial charge in [-0.2, -0.15) is 13.1 Å². The first-order valence-corrected chi connectivity index (χ1v) is 7.63. The summed E-state index contributed by atoms with van der Waals surface area (Å²) in [5.41, 5.74) is 3.01. The molecule has 1 aromatic carbocycles. The maximum Gasteiger partial charge on any atom is 0.202 e. The number of anilines is 1. The van der Waals surface area contributed by atoms with Gasteiger partial charge in [-0.15, -0.1) is 0 Å². The number of rotatable bonds is 6. The van der Waals surface area contributed by atoms with Crippen LogP contribution in [0.4, 0.5) is 5.13 Å². The molecule has 0 saturated heterocycles. The Morgan fingerprint density at radius 3 is 3.10 bits per heavy atom. The third kappa shape index (κ3) is 2.92. The van der Waals surface area contributed by atoms with Crippen molar-refractivity contribution in [3.05, 3.63) is 29.6 Å². The number of fused-ring (bicyclic) bond motifs is 1. The van der Waals surface area contributed by atoms with Crippen molar-refractivity contribution in [3.63, 3.8) is 0 Å². The molecule has 0 amide bonds. The normalized spacial score (nSPS) is 11.1. The van der Waals surface area contributed by atoms with Crippen LogP contribution in [0.3, 0.4) is 0 Å². The minimum absolute atomic E-state index is 0.639. The van der Waals surface area contributed by atoms with Crippen molar-refractivity contribution in [3.8, 4) is 0 Å². The van der Waals surface area contributed by atoms with Gasteiger partial charge in [-0.25, -0.2) is 4.98 Å². The molecule has 6 nitrogen and oxygen atoms in total. The van der Waals surface area contributed by atoms with Gasteiger partial charge in [0.2, 0.25) is 5.13 Å². The average Bonchev–Trinajstić information content (AvgIpc) is 3.11. The molecule has 3 rings (SSSR count). The molecule has 2 heterocycles. The van der Waals surface area contributed by atoms with Crippen LogP contribution >= 0.6 is 23.3 Å². The molecule has 0 bridgehead atoms. The molecule has 0 spiro atoms. The molecule has 3 aromatic rings. The Bertz CT molecular complexity index is 696. The summed E-state index contributed by atoms with van der Waals surface area (Å²) in [6, 6.07) is 6.00. The lowest BCUT2D eigenvalue weighted by Crippen LogP contribution is -2.01. The molecule has 104 valence electrons. The second kappa shape index (κ2) is 6.21. The van der Waals surface area contributed by atoms with Crippen molar-refractivity contribution in [1.29, 1.82) is 0 Å². The Balaban J connectivity index is 1.67. The number of aromatic nitrogens is 4. The lowest BCUT2D eigenvalue weighted by molar-refractivity contribution is 0.201. The molecule has 0 saturated carbocycles. The Labute approximate surface area is 124 Å². The number of benzene rings is 1. The van der Waals surface area contributed by atoms with Gasteiger partial charge in [0.25, 0.3) is 0 Å². The van der Waals surface area contributed by atoms with Crippen molar-refractivity contribution >= 4 is 39.4 Å². The molecule has 0 radical (unpaired) electrons. The number of hydrogen-bond donors (Lipinski definition) is 1. The van der Waals surface area contributed by atoms with E-state index < -0.39 is 0 Å². The predicted octanol–water partition coefficient (Wildman–Crippen LogP) is 2.34. The van der Waals surface area contributed by atoms with Gasteiger partial charge in [-0.3, -0.25) is 0 Å². The lowest BCUT2D eigenvalue weighted by Gasteiger charge is -2.02. The van der Waals surface area contributed by atoms with Crippen molar-refractivity contribution in [2.75, 3.05) is 19.0 Å². The molecule has 2 aromatic heterocycles. The largest absolute Gasteiger partial charge is 0.384 e. The quantitative estimate of drug-likeness (QED) is 0.753. The highest BCUT2D eigenvalue weighted by molar-refractivity contribution is 7.09. The molecule has 0 atom stereocenters. The zero-order valence-electron chi connectivity index (χ0n) is 10.9. The van der Waals surface area contributed by atoms with Crippen LogP contribution in [0.1, 0.15) is 11.4 Å². The number of methoxy groups -OCH3 is 1. The van der Waals surface area contributed by atoms with E-state index in [-0.39, 0.29) is 0 Å². The summed E-state index contributed by atoms with van der Waals surface area (Å²) in [7, 11) is 1.67. The lowest BCUT2D eigenvalue weighted by atomic mass is 10.2. The highest BCUT2D eigenvalue weighted by Gasteiger charge is 2.07. The second-order valence-electron chi connectivity index (χ2n) is 4.16. The summed E-state index contributed by atoms with van der Waals surface area (Å²) in [4.78, 5) is 4.41. The minimum atomic E-state index is 0.639. The maximum absolute atomic E-state index is 5.01. The van der Waals surface area contributed by atoms with Crippen LogP contribution in [0.25, 0.3) is 11.0 Å². The van der Waals surface area contributed by atoms with Crippen LogP contribution in [0.5, 0.6) is 0 Å². The number of hydrogen-bond acceptors (Lipinski definition) is 8. The summed E-state index contributed by atoms with van der Waals surface area (Å²) in [5.74, 6) is 0.813. The van der Waals surface area contributed by atoms with Gasteiger partial charge >= 0.3 is 0 Å². The van der Waals surface area contributed by atoms with E-state index in [1.54, 1.807) is 7.11 Å². The first-order chi connectivity index (χ1) is 9.86. The van der Waals surface area contributed by atoms with E-state index in [1.165, 1.54) is 23.3 Å². The fourth-order valence-corrected chi connectivity index (χ4v) is 2.97. The van der Waals surface area contributed by atoms with E-state index in [2.05, 4.69) is 23.4 Å². The Morgan fingerprint density at radius 1 is 1.25 bits per heavy atom.